The van der Waals surface area contributed by atoms with Crippen molar-refractivity contribution in [3.63, 3.8) is 0 Å². The maximum atomic E-state index is 11.4. The van der Waals surface area contributed by atoms with Crippen molar-refractivity contribution in [2.45, 2.75) is 13.3 Å². The highest BCUT2D eigenvalue weighted by molar-refractivity contribution is 7.80. The molecule has 0 saturated carbocycles. The molecule has 0 aliphatic carbocycles. The van der Waals surface area contributed by atoms with Crippen molar-refractivity contribution < 1.29 is 9.53 Å². The Bertz CT molecular complexity index is 532. The molecule has 1 amide bonds. The fourth-order valence-electron chi connectivity index (χ4n) is 2.46. The molecule has 1 aromatic carbocycles. The first kappa shape index (κ1) is 15.7. The van der Waals surface area contributed by atoms with Crippen LogP contribution in [-0.4, -0.2) is 42.0 Å². The minimum atomic E-state index is -0.404. The summed E-state index contributed by atoms with van der Waals surface area (Å²) in [6, 6.07) is 7.40. The Hall–Kier alpha value is -1.66. The number of ether oxygens (including phenoxy) is 1. The maximum Gasteiger partial charge on any atom is 0.224 e. The molecule has 1 unspecified atom stereocenters. The lowest BCUT2D eigenvalue weighted by atomic mass is 9.89. The zero-order valence-corrected chi connectivity index (χ0v) is 13.0. The standard InChI is InChI=1S/C15H21N3O2S/c1-15(14(17)19)6-7-18(10-15)8-9-20-12-4-2-11(3-5-12)13(16)21/h2-5H,6-10H2,1H3,(H2,16,21)(H2,17,19). The summed E-state index contributed by atoms with van der Waals surface area (Å²) in [5, 5.41) is 0. The van der Waals surface area contributed by atoms with Crippen LogP contribution in [0.1, 0.15) is 18.9 Å². The molecule has 21 heavy (non-hydrogen) atoms. The lowest BCUT2D eigenvalue weighted by molar-refractivity contribution is -0.126. The Labute approximate surface area is 130 Å². The molecule has 1 atom stereocenters. The number of benzene rings is 1. The molecule has 1 saturated heterocycles. The van der Waals surface area contributed by atoms with Crippen molar-refractivity contribution in [1.29, 1.82) is 0 Å². The average molecular weight is 307 g/mol. The number of carbonyl (C=O) groups is 1. The van der Waals surface area contributed by atoms with Crippen molar-refractivity contribution in [1.82, 2.24) is 4.90 Å². The summed E-state index contributed by atoms with van der Waals surface area (Å²) in [5.74, 6) is 0.561. The van der Waals surface area contributed by atoms with Crippen LogP contribution in [0.4, 0.5) is 0 Å². The molecule has 0 bridgehead atoms. The van der Waals surface area contributed by atoms with Gasteiger partial charge in [0.25, 0.3) is 0 Å². The molecule has 1 fully saturated rings. The zero-order chi connectivity index (χ0) is 15.5. The Kier molecular flexibility index (Phi) is 4.80. The minimum absolute atomic E-state index is 0.223. The number of nitrogens with zero attached hydrogens (tertiary/aromatic N) is 1. The van der Waals surface area contributed by atoms with E-state index in [1.807, 2.05) is 31.2 Å². The molecule has 114 valence electrons. The molecule has 0 spiro atoms. The van der Waals surface area contributed by atoms with E-state index in [4.69, 9.17) is 28.4 Å². The second kappa shape index (κ2) is 6.41. The molecule has 4 N–H and O–H groups in total. The van der Waals surface area contributed by atoms with Gasteiger partial charge in [-0.1, -0.05) is 12.2 Å². The first-order valence-corrected chi connectivity index (χ1v) is 7.36. The highest BCUT2D eigenvalue weighted by Crippen LogP contribution is 2.29. The Morgan fingerprint density at radius 2 is 2.05 bits per heavy atom. The molecule has 6 heteroatoms. The van der Waals surface area contributed by atoms with Crippen molar-refractivity contribution >= 4 is 23.1 Å². The topological polar surface area (TPSA) is 81.6 Å². The lowest BCUT2D eigenvalue weighted by Gasteiger charge is -2.21. The van der Waals surface area contributed by atoms with Crippen LogP contribution < -0.4 is 16.2 Å². The summed E-state index contributed by atoms with van der Waals surface area (Å²) in [7, 11) is 0. The number of likely N-dealkylation sites (tertiary alicyclic amines) is 1. The number of hydrogen-bond acceptors (Lipinski definition) is 4. The van der Waals surface area contributed by atoms with Gasteiger partial charge in [-0.15, -0.1) is 0 Å². The van der Waals surface area contributed by atoms with Crippen LogP contribution in [0.25, 0.3) is 0 Å². The third-order valence-electron chi connectivity index (χ3n) is 3.96. The van der Waals surface area contributed by atoms with E-state index in [9.17, 15) is 4.79 Å². The van der Waals surface area contributed by atoms with E-state index in [2.05, 4.69) is 4.90 Å². The van der Waals surface area contributed by atoms with Gasteiger partial charge in [0.1, 0.15) is 17.3 Å². The predicted molar refractivity (Wildman–Crippen MR) is 86.2 cm³/mol. The van der Waals surface area contributed by atoms with E-state index in [0.717, 1.165) is 30.8 Å². The van der Waals surface area contributed by atoms with Crippen molar-refractivity contribution in [3.8, 4) is 5.75 Å². The number of carbonyl (C=O) groups excluding carboxylic acids is 1. The molecule has 2 rings (SSSR count). The average Bonchev–Trinajstić information content (AvgIpc) is 2.82. The van der Waals surface area contributed by atoms with Crippen LogP contribution in [0, 0.1) is 5.41 Å². The van der Waals surface area contributed by atoms with Gasteiger partial charge in [-0.2, -0.15) is 0 Å². The number of rotatable bonds is 6. The van der Waals surface area contributed by atoms with Gasteiger partial charge in [0.05, 0.1) is 5.41 Å². The fraction of sp³-hybridized carbons (Fsp3) is 0.467. The van der Waals surface area contributed by atoms with E-state index in [-0.39, 0.29) is 5.91 Å². The third-order valence-corrected chi connectivity index (χ3v) is 4.20. The molecule has 0 aromatic heterocycles. The minimum Gasteiger partial charge on any atom is -0.492 e. The van der Waals surface area contributed by atoms with Crippen LogP contribution in [-0.2, 0) is 4.79 Å². The molecule has 1 aliphatic heterocycles. The number of thiocarbonyl (C=S) groups is 1. The van der Waals surface area contributed by atoms with E-state index < -0.39 is 5.41 Å². The summed E-state index contributed by atoms with van der Waals surface area (Å²) in [5.41, 5.74) is 11.4. The van der Waals surface area contributed by atoms with Gasteiger partial charge in [0.2, 0.25) is 5.91 Å². The molecule has 0 radical (unpaired) electrons. The zero-order valence-electron chi connectivity index (χ0n) is 12.2. The second-order valence-electron chi connectivity index (χ2n) is 5.69. The summed E-state index contributed by atoms with van der Waals surface area (Å²) in [4.78, 5) is 14.0. The Balaban J connectivity index is 1.78. The highest BCUT2D eigenvalue weighted by Gasteiger charge is 2.38. The van der Waals surface area contributed by atoms with E-state index in [1.54, 1.807) is 0 Å². The number of hydrogen-bond donors (Lipinski definition) is 2. The van der Waals surface area contributed by atoms with Crippen LogP contribution in [0.3, 0.4) is 0 Å². The van der Waals surface area contributed by atoms with E-state index in [1.165, 1.54) is 0 Å². The normalized spacial score (nSPS) is 22.1. The van der Waals surface area contributed by atoms with Crippen LogP contribution in [0.15, 0.2) is 24.3 Å². The summed E-state index contributed by atoms with van der Waals surface area (Å²) < 4.78 is 5.69. The molecule has 1 heterocycles. The number of nitrogens with two attached hydrogens (primary N) is 2. The van der Waals surface area contributed by atoms with Gasteiger partial charge in [0, 0.05) is 18.7 Å². The van der Waals surface area contributed by atoms with E-state index in [0.29, 0.717) is 18.1 Å². The third kappa shape index (κ3) is 3.92. The van der Waals surface area contributed by atoms with Crippen molar-refractivity contribution in [3.05, 3.63) is 29.8 Å². The summed E-state index contributed by atoms with van der Waals surface area (Å²) in [6.07, 6.45) is 0.810. The number of amides is 1. The molecule has 5 nitrogen and oxygen atoms in total. The van der Waals surface area contributed by atoms with Crippen molar-refractivity contribution in [2.75, 3.05) is 26.2 Å². The summed E-state index contributed by atoms with van der Waals surface area (Å²) in [6.45, 7) is 4.85. The largest absolute Gasteiger partial charge is 0.492 e. The van der Waals surface area contributed by atoms with Crippen LogP contribution in [0.2, 0.25) is 0 Å². The molecule has 1 aliphatic rings. The van der Waals surface area contributed by atoms with Gasteiger partial charge < -0.3 is 16.2 Å². The van der Waals surface area contributed by atoms with Gasteiger partial charge in [0.15, 0.2) is 0 Å². The molecule has 1 aromatic rings. The van der Waals surface area contributed by atoms with Crippen molar-refractivity contribution in [2.24, 2.45) is 16.9 Å². The monoisotopic (exact) mass is 307 g/mol. The first-order chi connectivity index (χ1) is 9.90. The lowest BCUT2D eigenvalue weighted by Crippen LogP contribution is -2.37. The molecular weight excluding hydrogens is 286 g/mol. The van der Waals surface area contributed by atoms with Gasteiger partial charge in [-0.3, -0.25) is 9.69 Å². The highest BCUT2D eigenvalue weighted by atomic mass is 32.1. The fourth-order valence-corrected chi connectivity index (χ4v) is 2.59. The van der Waals surface area contributed by atoms with E-state index >= 15 is 0 Å². The number of primary amides is 1. The van der Waals surface area contributed by atoms with Gasteiger partial charge in [-0.05, 0) is 44.2 Å². The SMILES string of the molecule is CC1(C(N)=O)CCN(CCOc2ccc(C(N)=S)cc2)C1. The van der Waals surface area contributed by atoms with Crippen LogP contribution in [0.5, 0.6) is 5.75 Å². The van der Waals surface area contributed by atoms with Gasteiger partial charge >= 0.3 is 0 Å². The van der Waals surface area contributed by atoms with Crippen LogP contribution >= 0.6 is 12.2 Å². The molecular formula is C15H21N3O2S. The summed E-state index contributed by atoms with van der Waals surface area (Å²) >= 11 is 4.90. The quantitative estimate of drug-likeness (QED) is 0.763. The Morgan fingerprint density at radius 3 is 2.57 bits per heavy atom. The second-order valence-corrected chi connectivity index (χ2v) is 6.13. The Morgan fingerprint density at radius 1 is 1.38 bits per heavy atom. The van der Waals surface area contributed by atoms with Gasteiger partial charge in [-0.25, -0.2) is 0 Å². The first-order valence-electron chi connectivity index (χ1n) is 6.96. The smallest absolute Gasteiger partial charge is 0.224 e. The maximum absolute atomic E-state index is 11.4. The predicted octanol–water partition coefficient (Wildman–Crippen LogP) is 0.897.